The summed E-state index contributed by atoms with van der Waals surface area (Å²) in [5.41, 5.74) is 1.10. The minimum absolute atomic E-state index is 0.302. The quantitative estimate of drug-likeness (QED) is 0.865. The number of aromatic nitrogens is 4. The number of nitrogens with one attached hydrogen (secondary N) is 1. The molecule has 0 saturated carbocycles. The van der Waals surface area contributed by atoms with E-state index < -0.39 is 0 Å². The fourth-order valence-electron chi connectivity index (χ4n) is 2.23. The molecule has 0 saturated heterocycles. The lowest BCUT2D eigenvalue weighted by Crippen LogP contribution is -2.25. The zero-order valence-electron chi connectivity index (χ0n) is 11.8. The maximum atomic E-state index is 4.45. The van der Waals surface area contributed by atoms with Crippen molar-refractivity contribution in [3.05, 3.63) is 41.7 Å². The molecule has 0 amide bonds. The first kappa shape index (κ1) is 13.7. The van der Waals surface area contributed by atoms with Crippen LogP contribution in [0.2, 0.25) is 0 Å². The van der Waals surface area contributed by atoms with E-state index in [9.17, 15) is 0 Å². The van der Waals surface area contributed by atoms with Crippen molar-refractivity contribution in [1.29, 1.82) is 0 Å². The highest BCUT2D eigenvalue weighted by atomic mass is 15.3. The van der Waals surface area contributed by atoms with Gasteiger partial charge in [-0.3, -0.25) is 15.0 Å². The van der Waals surface area contributed by atoms with Crippen molar-refractivity contribution in [2.45, 2.75) is 39.3 Å². The van der Waals surface area contributed by atoms with E-state index in [1.54, 1.807) is 0 Å². The van der Waals surface area contributed by atoms with Crippen molar-refractivity contribution in [3.8, 4) is 0 Å². The fraction of sp³-hybridized carbons (Fsp3) is 0.500. The second-order valence-electron chi connectivity index (χ2n) is 4.65. The van der Waals surface area contributed by atoms with Crippen molar-refractivity contribution >= 4 is 0 Å². The number of aromatic amines is 1. The van der Waals surface area contributed by atoms with Crippen LogP contribution in [0.5, 0.6) is 0 Å². The normalized spacial score (nSPS) is 12.8. The summed E-state index contributed by atoms with van der Waals surface area (Å²) >= 11 is 0. The minimum Gasteiger partial charge on any atom is -0.290 e. The third-order valence-corrected chi connectivity index (χ3v) is 3.24. The molecule has 0 bridgehead atoms. The number of pyridine rings is 1. The highest BCUT2D eigenvalue weighted by molar-refractivity contribution is 5.08. The Hall–Kier alpha value is -1.75. The van der Waals surface area contributed by atoms with Gasteiger partial charge in [0, 0.05) is 12.6 Å². The Kier molecular flexibility index (Phi) is 4.63. The van der Waals surface area contributed by atoms with Gasteiger partial charge in [-0.25, -0.2) is 4.98 Å². The predicted octanol–water partition coefficient (Wildman–Crippen LogP) is 2.35. The summed E-state index contributed by atoms with van der Waals surface area (Å²) in [5.74, 6) is 1.78. The maximum absolute atomic E-state index is 4.45. The highest BCUT2D eigenvalue weighted by Gasteiger charge is 2.17. The lowest BCUT2D eigenvalue weighted by atomic mass is 10.1. The van der Waals surface area contributed by atoms with Crippen molar-refractivity contribution in [1.82, 2.24) is 25.1 Å². The molecule has 1 atom stereocenters. The van der Waals surface area contributed by atoms with Crippen LogP contribution in [0.1, 0.15) is 43.7 Å². The molecule has 0 aliphatic carbocycles. The summed E-state index contributed by atoms with van der Waals surface area (Å²) < 4.78 is 0. The van der Waals surface area contributed by atoms with Crippen LogP contribution in [0.3, 0.4) is 0 Å². The molecule has 102 valence electrons. The number of aryl methyl sites for hydroxylation is 1. The van der Waals surface area contributed by atoms with Gasteiger partial charge in [-0.05, 0) is 25.6 Å². The Morgan fingerprint density at radius 3 is 2.74 bits per heavy atom. The van der Waals surface area contributed by atoms with E-state index in [2.05, 4.69) is 52.0 Å². The van der Waals surface area contributed by atoms with Crippen LogP contribution in [-0.2, 0) is 13.0 Å². The number of rotatable bonds is 6. The molecular formula is C14H21N5. The number of hydrogen-bond donors (Lipinski definition) is 1. The summed E-state index contributed by atoms with van der Waals surface area (Å²) in [6.07, 6.45) is 3.72. The molecule has 0 aromatic carbocycles. The Morgan fingerprint density at radius 1 is 1.32 bits per heavy atom. The van der Waals surface area contributed by atoms with E-state index in [4.69, 9.17) is 0 Å². The Balaban J connectivity index is 2.06. The van der Waals surface area contributed by atoms with Crippen LogP contribution < -0.4 is 0 Å². The van der Waals surface area contributed by atoms with Crippen molar-refractivity contribution in [2.75, 3.05) is 7.05 Å². The van der Waals surface area contributed by atoms with Gasteiger partial charge in [-0.2, -0.15) is 5.10 Å². The molecule has 2 aromatic rings. The monoisotopic (exact) mass is 259 g/mol. The molecule has 0 radical (unpaired) electrons. The Bertz CT molecular complexity index is 494. The van der Waals surface area contributed by atoms with Gasteiger partial charge in [-0.1, -0.05) is 19.9 Å². The van der Waals surface area contributed by atoms with Crippen LogP contribution in [0.25, 0.3) is 0 Å². The molecule has 0 aliphatic rings. The standard InChI is InChI=1S/C14H21N5/c1-4-12(11-8-6-7-9-15-11)19(3)10-14-16-13(5-2)17-18-14/h6-9,12H,4-5,10H2,1-3H3,(H,16,17,18). The molecule has 1 unspecified atom stereocenters. The lowest BCUT2D eigenvalue weighted by molar-refractivity contribution is 0.221. The smallest absolute Gasteiger partial charge is 0.150 e. The first-order chi connectivity index (χ1) is 9.24. The molecule has 5 heteroatoms. The summed E-state index contributed by atoms with van der Waals surface area (Å²) in [4.78, 5) is 11.1. The van der Waals surface area contributed by atoms with E-state index in [0.29, 0.717) is 6.04 Å². The Labute approximate surface area is 114 Å². The van der Waals surface area contributed by atoms with Crippen molar-refractivity contribution in [2.24, 2.45) is 0 Å². The topological polar surface area (TPSA) is 57.7 Å². The minimum atomic E-state index is 0.302. The van der Waals surface area contributed by atoms with Crippen LogP contribution in [0, 0.1) is 0 Å². The van der Waals surface area contributed by atoms with E-state index in [-0.39, 0.29) is 0 Å². The average molecular weight is 259 g/mol. The van der Waals surface area contributed by atoms with E-state index in [1.165, 1.54) is 0 Å². The van der Waals surface area contributed by atoms with E-state index in [1.807, 2.05) is 18.3 Å². The Morgan fingerprint density at radius 2 is 2.16 bits per heavy atom. The zero-order valence-corrected chi connectivity index (χ0v) is 11.8. The third-order valence-electron chi connectivity index (χ3n) is 3.24. The molecule has 0 fully saturated rings. The molecule has 2 rings (SSSR count). The first-order valence-corrected chi connectivity index (χ1v) is 6.75. The van der Waals surface area contributed by atoms with Gasteiger partial charge < -0.3 is 0 Å². The van der Waals surface area contributed by atoms with Gasteiger partial charge >= 0.3 is 0 Å². The van der Waals surface area contributed by atoms with Gasteiger partial charge in [-0.15, -0.1) is 0 Å². The molecule has 2 heterocycles. The van der Waals surface area contributed by atoms with Gasteiger partial charge in [0.25, 0.3) is 0 Å². The molecule has 0 spiro atoms. The number of H-pyrrole nitrogens is 1. The van der Waals surface area contributed by atoms with Crippen LogP contribution >= 0.6 is 0 Å². The molecule has 1 N–H and O–H groups in total. The largest absolute Gasteiger partial charge is 0.290 e. The number of nitrogens with zero attached hydrogens (tertiary/aromatic N) is 4. The predicted molar refractivity (Wildman–Crippen MR) is 74.5 cm³/mol. The van der Waals surface area contributed by atoms with Crippen molar-refractivity contribution < 1.29 is 0 Å². The summed E-state index contributed by atoms with van der Waals surface area (Å²) in [6, 6.07) is 6.35. The second kappa shape index (κ2) is 6.43. The maximum Gasteiger partial charge on any atom is 0.150 e. The molecule has 0 aliphatic heterocycles. The summed E-state index contributed by atoms with van der Waals surface area (Å²) in [7, 11) is 2.09. The van der Waals surface area contributed by atoms with Crippen LogP contribution in [0.15, 0.2) is 24.4 Å². The summed E-state index contributed by atoms with van der Waals surface area (Å²) in [6.45, 7) is 4.98. The van der Waals surface area contributed by atoms with Crippen molar-refractivity contribution in [3.63, 3.8) is 0 Å². The molecular weight excluding hydrogens is 238 g/mol. The van der Waals surface area contributed by atoms with Crippen LogP contribution in [0.4, 0.5) is 0 Å². The van der Waals surface area contributed by atoms with Crippen LogP contribution in [-0.4, -0.2) is 32.1 Å². The van der Waals surface area contributed by atoms with Gasteiger partial charge in [0.05, 0.1) is 18.3 Å². The van der Waals surface area contributed by atoms with Gasteiger partial charge in [0.1, 0.15) is 11.6 Å². The first-order valence-electron chi connectivity index (χ1n) is 6.75. The SMILES string of the molecule is CCc1n[nH]c(CN(C)C(CC)c2ccccn2)n1. The zero-order chi connectivity index (χ0) is 13.7. The number of hydrogen-bond acceptors (Lipinski definition) is 4. The molecule has 5 nitrogen and oxygen atoms in total. The summed E-state index contributed by atoms with van der Waals surface area (Å²) in [5, 5.41) is 7.16. The lowest BCUT2D eigenvalue weighted by Gasteiger charge is -2.25. The third kappa shape index (κ3) is 3.38. The van der Waals surface area contributed by atoms with Gasteiger partial charge in [0.15, 0.2) is 0 Å². The van der Waals surface area contributed by atoms with E-state index in [0.717, 1.165) is 36.7 Å². The second-order valence-corrected chi connectivity index (χ2v) is 4.65. The fourth-order valence-corrected chi connectivity index (χ4v) is 2.23. The van der Waals surface area contributed by atoms with E-state index >= 15 is 0 Å². The van der Waals surface area contributed by atoms with Gasteiger partial charge in [0.2, 0.25) is 0 Å². The highest BCUT2D eigenvalue weighted by Crippen LogP contribution is 2.21. The molecule has 2 aromatic heterocycles. The average Bonchev–Trinajstić information content (AvgIpc) is 2.88. The molecule has 19 heavy (non-hydrogen) atoms.